The fraction of sp³-hybridized carbons (Fsp3) is 0.538. The number of carbonyl (C=O) groups is 1. The number of amides is 1. The molecule has 0 bridgehead atoms. The van der Waals surface area contributed by atoms with Crippen molar-refractivity contribution in [1.82, 2.24) is 14.8 Å². The lowest BCUT2D eigenvalue weighted by Gasteiger charge is -2.23. The highest BCUT2D eigenvalue weighted by atomic mass is 16.2. The zero-order chi connectivity index (χ0) is 13.8. The highest BCUT2D eigenvalue weighted by Gasteiger charge is 2.29. The van der Waals surface area contributed by atoms with Crippen LogP contribution in [0, 0.1) is 0 Å². The highest BCUT2D eigenvalue weighted by molar-refractivity contribution is 5.81. The molecule has 1 aromatic heterocycles. The van der Waals surface area contributed by atoms with Crippen molar-refractivity contribution >= 4 is 11.6 Å². The van der Waals surface area contributed by atoms with Crippen LogP contribution in [0.25, 0.3) is 0 Å². The molecule has 0 radical (unpaired) electrons. The zero-order valence-corrected chi connectivity index (χ0v) is 11.1. The fourth-order valence-electron chi connectivity index (χ4n) is 2.52. The van der Waals surface area contributed by atoms with Crippen molar-refractivity contribution in [1.29, 1.82) is 0 Å². The van der Waals surface area contributed by atoms with Gasteiger partial charge < -0.3 is 15.6 Å². The Balaban J connectivity index is 2.00. The van der Waals surface area contributed by atoms with Crippen molar-refractivity contribution in [3.05, 3.63) is 28.7 Å². The summed E-state index contributed by atoms with van der Waals surface area (Å²) < 4.78 is 1.59. The summed E-state index contributed by atoms with van der Waals surface area (Å²) in [5, 5.41) is 2.69. The number of likely N-dealkylation sites (N-methyl/N-ethyl adjacent to an activating group) is 1. The minimum Gasteiger partial charge on any atom is -0.398 e. The SMILES string of the molecule is CNC(=O)C1CCCN1CCn1cc(N)ccc1=O. The number of carbonyl (C=O) groups excluding carboxylic acids is 1. The summed E-state index contributed by atoms with van der Waals surface area (Å²) >= 11 is 0. The lowest BCUT2D eigenvalue weighted by atomic mass is 10.2. The van der Waals surface area contributed by atoms with Gasteiger partial charge in [-0.25, -0.2) is 0 Å². The van der Waals surface area contributed by atoms with Gasteiger partial charge in [-0.1, -0.05) is 0 Å². The van der Waals surface area contributed by atoms with E-state index in [0.717, 1.165) is 19.4 Å². The maximum atomic E-state index is 11.7. The van der Waals surface area contributed by atoms with Crippen LogP contribution < -0.4 is 16.6 Å². The van der Waals surface area contributed by atoms with E-state index in [9.17, 15) is 9.59 Å². The summed E-state index contributed by atoms with van der Waals surface area (Å²) in [7, 11) is 1.65. The van der Waals surface area contributed by atoms with E-state index in [1.165, 1.54) is 6.07 Å². The molecule has 6 nitrogen and oxygen atoms in total. The van der Waals surface area contributed by atoms with Crippen LogP contribution in [0.15, 0.2) is 23.1 Å². The summed E-state index contributed by atoms with van der Waals surface area (Å²) in [5.41, 5.74) is 6.18. The second-order valence-electron chi connectivity index (χ2n) is 4.80. The molecule has 1 saturated heterocycles. The molecule has 6 heteroatoms. The van der Waals surface area contributed by atoms with E-state index < -0.39 is 0 Å². The van der Waals surface area contributed by atoms with E-state index in [4.69, 9.17) is 5.73 Å². The Morgan fingerprint density at radius 3 is 3.00 bits per heavy atom. The van der Waals surface area contributed by atoms with Crippen molar-refractivity contribution in [2.75, 3.05) is 25.9 Å². The third-order valence-corrected chi connectivity index (χ3v) is 3.55. The predicted octanol–water partition coefficient (Wildman–Crippen LogP) is -0.359. The fourth-order valence-corrected chi connectivity index (χ4v) is 2.52. The number of nitrogens with one attached hydrogen (secondary N) is 1. The molecule has 2 rings (SSSR count). The van der Waals surface area contributed by atoms with Crippen LogP contribution in [0.5, 0.6) is 0 Å². The average molecular weight is 264 g/mol. The van der Waals surface area contributed by atoms with Crippen LogP contribution in [0.1, 0.15) is 12.8 Å². The second kappa shape index (κ2) is 5.88. The second-order valence-corrected chi connectivity index (χ2v) is 4.80. The maximum Gasteiger partial charge on any atom is 0.250 e. The van der Waals surface area contributed by atoms with Crippen LogP contribution in [-0.2, 0) is 11.3 Å². The maximum absolute atomic E-state index is 11.7. The monoisotopic (exact) mass is 264 g/mol. The van der Waals surface area contributed by atoms with Crippen molar-refractivity contribution in [3.8, 4) is 0 Å². The quantitative estimate of drug-likeness (QED) is 0.778. The first-order valence-corrected chi connectivity index (χ1v) is 6.53. The van der Waals surface area contributed by atoms with Crippen LogP contribution in [0.2, 0.25) is 0 Å². The third kappa shape index (κ3) is 3.14. The van der Waals surface area contributed by atoms with E-state index in [-0.39, 0.29) is 17.5 Å². The van der Waals surface area contributed by atoms with Gasteiger partial charge in [0.1, 0.15) is 0 Å². The molecule has 1 atom stereocenters. The standard InChI is InChI=1S/C13H20N4O2/c1-15-13(19)11-3-2-6-16(11)7-8-17-9-10(14)4-5-12(17)18/h4-5,9,11H,2-3,6-8,14H2,1H3,(H,15,19). The number of aromatic nitrogens is 1. The number of nitrogen functional groups attached to an aromatic ring is 1. The van der Waals surface area contributed by atoms with E-state index in [2.05, 4.69) is 10.2 Å². The zero-order valence-electron chi connectivity index (χ0n) is 11.1. The van der Waals surface area contributed by atoms with Crippen molar-refractivity contribution in [2.24, 2.45) is 0 Å². The Bertz CT molecular complexity index is 512. The van der Waals surface area contributed by atoms with Gasteiger partial charge in [0, 0.05) is 38.1 Å². The first-order valence-electron chi connectivity index (χ1n) is 6.53. The minimum atomic E-state index is -0.0678. The van der Waals surface area contributed by atoms with E-state index in [0.29, 0.717) is 18.8 Å². The summed E-state index contributed by atoms with van der Waals surface area (Å²) in [6.07, 6.45) is 3.54. The van der Waals surface area contributed by atoms with Gasteiger partial charge in [0.25, 0.3) is 5.56 Å². The molecule has 1 aliphatic heterocycles. The number of likely N-dealkylation sites (tertiary alicyclic amines) is 1. The molecular weight excluding hydrogens is 244 g/mol. The van der Waals surface area contributed by atoms with E-state index in [1.807, 2.05) is 0 Å². The summed E-state index contributed by atoms with van der Waals surface area (Å²) in [5.74, 6) is 0.0532. The van der Waals surface area contributed by atoms with Gasteiger partial charge in [-0.2, -0.15) is 0 Å². The molecule has 1 unspecified atom stereocenters. The number of nitrogens with two attached hydrogens (primary N) is 1. The lowest BCUT2D eigenvalue weighted by Crippen LogP contribution is -2.43. The molecule has 19 heavy (non-hydrogen) atoms. The summed E-state index contributed by atoms with van der Waals surface area (Å²) in [6, 6.07) is 3.00. The number of pyridine rings is 1. The molecular formula is C13H20N4O2. The Hall–Kier alpha value is -1.82. The Kier molecular flexibility index (Phi) is 4.21. The number of rotatable bonds is 4. The van der Waals surface area contributed by atoms with Crippen LogP contribution >= 0.6 is 0 Å². The van der Waals surface area contributed by atoms with Gasteiger partial charge in [-0.05, 0) is 25.5 Å². The molecule has 3 N–H and O–H groups in total. The first-order chi connectivity index (χ1) is 9.11. The molecule has 1 amide bonds. The Morgan fingerprint density at radius 2 is 2.26 bits per heavy atom. The molecule has 1 fully saturated rings. The van der Waals surface area contributed by atoms with Gasteiger partial charge >= 0.3 is 0 Å². The van der Waals surface area contributed by atoms with Gasteiger partial charge in [0.2, 0.25) is 5.91 Å². The minimum absolute atomic E-state index is 0.0532. The van der Waals surface area contributed by atoms with Gasteiger partial charge in [-0.15, -0.1) is 0 Å². The van der Waals surface area contributed by atoms with E-state index in [1.54, 1.807) is 23.9 Å². The van der Waals surface area contributed by atoms with Crippen LogP contribution in [-0.4, -0.2) is 41.6 Å². The normalized spacial score (nSPS) is 19.5. The largest absolute Gasteiger partial charge is 0.398 e. The van der Waals surface area contributed by atoms with Crippen molar-refractivity contribution in [2.45, 2.75) is 25.4 Å². The molecule has 0 spiro atoms. The smallest absolute Gasteiger partial charge is 0.250 e. The Morgan fingerprint density at radius 1 is 1.47 bits per heavy atom. The van der Waals surface area contributed by atoms with Crippen molar-refractivity contribution in [3.63, 3.8) is 0 Å². The molecule has 1 aliphatic rings. The summed E-state index contributed by atoms with van der Waals surface area (Å²) in [6.45, 7) is 2.13. The molecule has 0 saturated carbocycles. The predicted molar refractivity (Wildman–Crippen MR) is 73.8 cm³/mol. The topological polar surface area (TPSA) is 80.4 Å². The number of hydrogen-bond donors (Lipinski definition) is 2. The Labute approximate surface area is 112 Å². The number of anilines is 1. The van der Waals surface area contributed by atoms with Gasteiger partial charge in [-0.3, -0.25) is 14.5 Å². The number of hydrogen-bond acceptors (Lipinski definition) is 4. The summed E-state index contributed by atoms with van der Waals surface area (Å²) in [4.78, 5) is 25.5. The van der Waals surface area contributed by atoms with Gasteiger partial charge in [0.15, 0.2) is 0 Å². The lowest BCUT2D eigenvalue weighted by molar-refractivity contribution is -0.125. The van der Waals surface area contributed by atoms with Crippen molar-refractivity contribution < 1.29 is 4.79 Å². The molecule has 0 aromatic carbocycles. The van der Waals surface area contributed by atoms with Crippen LogP contribution in [0.4, 0.5) is 5.69 Å². The third-order valence-electron chi connectivity index (χ3n) is 3.55. The molecule has 0 aliphatic carbocycles. The first kappa shape index (κ1) is 13.6. The average Bonchev–Trinajstić information content (AvgIpc) is 2.87. The highest BCUT2D eigenvalue weighted by Crippen LogP contribution is 2.16. The molecule has 104 valence electrons. The van der Waals surface area contributed by atoms with Gasteiger partial charge in [0.05, 0.1) is 6.04 Å². The van der Waals surface area contributed by atoms with E-state index >= 15 is 0 Å². The number of nitrogens with zero attached hydrogens (tertiary/aromatic N) is 2. The molecule has 2 heterocycles. The van der Waals surface area contributed by atoms with Crippen LogP contribution in [0.3, 0.4) is 0 Å². The molecule has 1 aromatic rings.